The Morgan fingerprint density at radius 1 is 1.18 bits per heavy atom. The minimum atomic E-state index is -0.497. The molecule has 22 heavy (non-hydrogen) atoms. The zero-order chi connectivity index (χ0) is 15.5. The van der Waals surface area contributed by atoms with Crippen LogP contribution in [0.5, 0.6) is 0 Å². The highest BCUT2D eigenvalue weighted by atomic mass is 16.5. The van der Waals surface area contributed by atoms with E-state index in [4.69, 9.17) is 9.47 Å². The summed E-state index contributed by atoms with van der Waals surface area (Å²) in [5.74, 6) is -0.260. The number of alkyl carbamates (subject to hydrolysis) is 1. The molecule has 0 aromatic heterocycles. The molecule has 0 spiro atoms. The predicted octanol–water partition coefficient (Wildman–Crippen LogP) is 2.28. The van der Waals surface area contributed by atoms with Crippen LogP contribution in [0.15, 0.2) is 42.5 Å². The van der Waals surface area contributed by atoms with Crippen molar-refractivity contribution in [2.75, 3.05) is 7.11 Å². The summed E-state index contributed by atoms with van der Waals surface area (Å²) >= 11 is 0. The topological polar surface area (TPSA) is 64.6 Å². The van der Waals surface area contributed by atoms with E-state index in [0.29, 0.717) is 0 Å². The highest BCUT2D eigenvalue weighted by Gasteiger charge is 2.49. The van der Waals surface area contributed by atoms with E-state index in [-0.39, 0.29) is 36.4 Å². The van der Waals surface area contributed by atoms with Crippen molar-refractivity contribution >= 4 is 12.1 Å². The van der Waals surface area contributed by atoms with Gasteiger partial charge < -0.3 is 14.8 Å². The van der Waals surface area contributed by atoms with Crippen LogP contribution in [-0.4, -0.2) is 25.2 Å². The summed E-state index contributed by atoms with van der Waals surface area (Å²) in [6.07, 6.45) is 4.48. The molecular formula is C17H19NO4. The summed E-state index contributed by atoms with van der Waals surface area (Å²) in [6.45, 7) is 0.215. The Bertz CT molecular complexity index is 584. The maximum Gasteiger partial charge on any atom is 0.407 e. The van der Waals surface area contributed by atoms with Crippen molar-refractivity contribution in [1.82, 2.24) is 5.32 Å². The monoisotopic (exact) mass is 301 g/mol. The third-order valence-electron chi connectivity index (χ3n) is 4.43. The zero-order valence-corrected chi connectivity index (χ0v) is 12.4. The van der Waals surface area contributed by atoms with E-state index in [1.54, 1.807) is 0 Å². The number of methoxy groups -OCH3 is 1. The van der Waals surface area contributed by atoms with Crippen LogP contribution in [0.4, 0.5) is 4.79 Å². The van der Waals surface area contributed by atoms with Gasteiger partial charge in [-0.25, -0.2) is 4.79 Å². The highest BCUT2D eigenvalue weighted by Crippen LogP contribution is 2.44. The van der Waals surface area contributed by atoms with Gasteiger partial charge in [0.2, 0.25) is 0 Å². The summed E-state index contributed by atoms with van der Waals surface area (Å²) in [5.41, 5.74) is 0.926. The Balaban J connectivity index is 1.58. The SMILES string of the molecule is COC(=O)C1C2C=C[C@@H](C2)C1NC(=O)OCc1ccccc1. The molecule has 3 unspecified atom stereocenters. The number of benzene rings is 1. The smallest absolute Gasteiger partial charge is 0.407 e. The summed E-state index contributed by atoms with van der Waals surface area (Å²) in [7, 11) is 1.38. The first-order chi connectivity index (χ1) is 10.7. The molecule has 5 heteroatoms. The van der Waals surface area contributed by atoms with Crippen molar-refractivity contribution < 1.29 is 19.1 Å². The lowest BCUT2D eigenvalue weighted by atomic mass is 9.89. The van der Waals surface area contributed by atoms with Crippen molar-refractivity contribution in [3.63, 3.8) is 0 Å². The standard InChI is InChI=1S/C17H19NO4/c1-21-16(19)14-12-7-8-13(9-12)15(14)18-17(20)22-10-11-5-3-2-4-6-11/h2-8,12-15H,9-10H2,1H3,(H,18,20)/t12?,13-,14?,15?/m0/s1. The molecule has 1 fully saturated rings. The number of carbonyl (C=O) groups excluding carboxylic acids is 2. The number of rotatable bonds is 4. The van der Waals surface area contributed by atoms with Gasteiger partial charge >= 0.3 is 12.1 Å². The maximum absolute atomic E-state index is 12.0. The van der Waals surface area contributed by atoms with Crippen molar-refractivity contribution in [3.8, 4) is 0 Å². The molecule has 1 aromatic rings. The second-order valence-corrected chi connectivity index (χ2v) is 5.73. The maximum atomic E-state index is 12.0. The molecule has 0 saturated heterocycles. The molecule has 0 radical (unpaired) electrons. The van der Waals surface area contributed by atoms with Gasteiger partial charge in [-0.05, 0) is 23.8 Å². The molecule has 2 aliphatic rings. The third kappa shape index (κ3) is 2.84. The van der Waals surface area contributed by atoms with Gasteiger partial charge in [0.1, 0.15) is 6.61 Å². The second-order valence-electron chi connectivity index (χ2n) is 5.73. The van der Waals surface area contributed by atoms with E-state index >= 15 is 0 Å². The van der Waals surface area contributed by atoms with E-state index in [9.17, 15) is 9.59 Å². The second kappa shape index (κ2) is 6.22. The number of allylic oxidation sites excluding steroid dienone is 1. The fourth-order valence-corrected chi connectivity index (χ4v) is 3.38. The lowest BCUT2D eigenvalue weighted by molar-refractivity contribution is -0.147. The molecule has 2 bridgehead atoms. The van der Waals surface area contributed by atoms with Crippen molar-refractivity contribution in [1.29, 1.82) is 0 Å². The third-order valence-corrected chi connectivity index (χ3v) is 4.43. The first-order valence-corrected chi connectivity index (χ1v) is 7.42. The number of nitrogens with one attached hydrogen (secondary N) is 1. The summed E-state index contributed by atoms with van der Waals surface area (Å²) in [4.78, 5) is 23.9. The molecule has 3 rings (SSSR count). The van der Waals surface area contributed by atoms with E-state index in [0.717, 1.165) is 12.0 Å². The number of amides is 1. The van der Waals surface area contributed by atoms with Crippen molar-refractivity contribution in [2.24, 2.45) is 17.8 Å². The first kappa shape index (κ1) is 14.6. The van der Waals surface area contributed by atoms with E-state index in [1.165, 1.54) is 7.11 Å². The molecule has 1 amide bonds. The fourth-order valence-electron chi connectivity index (χ4n) is 3.38. The van der Waals surface area contributed by atoms with Gasteiger partial charge in [-0.15, -0.1) is 0 Å². The van der Waals surface area contributed by atoms with Crippen LogP contribution in [-0.2, 0) is 20.9 Å². The van der Waals surface area contributed by atoms with E-state index in [2.05, 4.69) is 11.4 Å². The molecule has 4 atom stereocenters. The highest BCUT2D eigenvalue weighted by molar-refractivity contribution is 5.77. The lowest BCUT2D eigenvalue weighted by Gasteiger charge is -2.26. The summed E-state index contributed by atoms with van der Waals surface area (Å²) < 4.78 is 10.1. The minimum Gasteiger partial charge on any atom is -0.469 e. The van der Waals surface area contributed by atoms with Gasteiger partial charge in [0, 0.05) is 0 Å². The number of hydrogen-bond donors (Lipinski definition) is 1. The van der Waals surface area contributed by atoms with Gasteiger partial charge in [-0.2, -0.15) is 0 Å². The van der Waals surface area contributed by atoms with Gasteiger partial charge in [0.25, 0.3) is 0 Å². The number of fused-ring (bicyclic) bond motifs is 2. The number of ether oxygens (including phenoxy) is 2. The Hall–Kier alpha value is -2.30. The van der Waals surface area contributed by atoms with Crippen LogP contribution in [0.2, 0.25) is 0 Å². The quantitative estimate of drug-likeness (QED) is 0.684. The predicted molar refractivity (Wildman–Crippen MR) is 79.8 cm³/mol. The number of carbonyl (C=O) groups is 2. The molecule has 1 saturated carbocycles. The number of esters is 1. The van der Waals surface area contributed by atoms with Crippen LogP contribution in [0, 0.1) is 17.8 Å². The normalized spacial score (nSPS) is 28.4. The van der Waals surface area contributed by atoms with Crippen molar-refractivity contribution in [2.45, 2.75) is 19.1 Å². The van der Waals surface area contributed by atoms with Crippen LogP contribution in [0.1, 0.15) is 12.0 Å². The average molecular weight is 301 g/mol. The molecule has 5 nitrogen and oxygen atoms in total. The van der Waals surface area contributed by atoms with Gasteiger partial charge in [-0.1, -0.05) is 42.5 Å². The van der Waals surface area contributed by atoms with Gasteiger partial charge in [0.05, 0.1) is 19.1 Å². The number of hydrogen-bond acceptors (Lipinski definition) is 4. The first-order valence-electron chi connectivity index (χ1n) is 7.42. The molecule has 1 aromatic carbocycles. The van der Waals surface area contributed by atoms with Gasteiger partial charge in [0.15, 0.2) is 0 Å². The average Bonchev–Trinajstić information content (AvgIpc) is 3.14. The molecule has 0 aliphatic heterocycles. The summed E-state index contributed by atoms with van der Waals surface area (Å²) in [5, 5.41) is 2.83. The Morgan fingerprint density at radius 3 is 2.64 bits per heavy atom. The van der Waals surface area contributed by atoms with Crippen LogP contribution >= 0.6 is 0 Å². The molecular weight excluding hydrogens is 282 g/mol. The Labute approximate surface area is 129 Å². The minimum absolute atomic E-state index is 0.150. The Morgan fingerprint density at radius 2 is 1.91 bits per heavy atom. The molecule has 1 N–H and O–H groups in total. The van der Waals surface area contributed by atoms with Gasteiger partial charge in [-0.3, -0.25) is 4.79 Å². The molecule has 0 heterocycles. The van der Waals surface area contributed by atoms with Crippen molar-refractivity contribution in [3.05, 3.63) is 48.0 Å². The van der Waals surface area contributed by atoms with Crippen LogP contribution in [0.3, 0.4) is 0 Å². The van der Waals surface area contributed by atoms with Crippen LogP contribution < -0.4 is 5.32 Å². The van der Waals surface area contributed by atoms with E-state index in [1.807, 2.05) is 36.4 Å². The molecule has 116 valence electrons. The van der Waals surface area contributed by atoms with E-state index < -0.39 is 6.09 Å². The zero-order valence-electron chi connectivity index (χ0n) is 12.4. The largest absolute Gasteiger partial charge is 0.469 e. The lowest BCUT2D eigenvalue weighted by Crippen LogP contribution is -2.46. The fraction of sp³-hybridized carbons (Fsp3) is 0.412. The van der Waals surface area contributed by atoms with Crippen LogP contribution in [0.25, 0.3) is 0 Å². The Kier molecular flexibility index (Phi) is 4.13. The summed E-state index contributed by atoms with van der Waals surface area (Å²) in [6, 6.07) is 9.24. The molecule has 2 aliphatic carbocycles.